The summed E-state index contributed by atoms with van der Waals surface area (Å²) >= 11 is 0. The molecule has 1 aliphatic heterocycles. The highest BCUT2D eigenvalue weighted by atomic mass is 16.5. The molecule has 2 aromatic carbocycles. The van der Waals surface area contributed by atoms with Gasteiger partial charge in [-0.3, -0.25) is 4.79 Å². The van der Waals surface area contributed by atoms with Crippen LogP contribution < -0.4 is 9.47 Å². The summed E-state index contributed by atoms with van der Waals surface area (Å²) < 4.78 is 11.5. The Morgan fingerprint density at radius 1 is 1.13 bits per heavy atom. The van der Waals surface area contributed by atoms with E-state index in [0.717, 1.165) is 48.1 Å². The number of aliphatic hydroxyl groups is 1. The average molecular weight is 424 g/mol. The van der Waals surface area contributed by atoms with Crippen molar-refractivity contribution < 1.29 is 19.4 Å². The van der Waals surface area contributed by atoms with Gasteiger partial charge in [-0.05, 0) is 62.4 Å². The molecule has 0 spiro atoms. The first-order chi connectivity index (χ1) is 14.9. The van der Waals surface area contributed by atoms with Crippen molar-refractivity contribution in [2.24, 2.45) is 5.92 Å². The van der Waals surface area contributed by atoms with Crippen LogP contribution in [-0.4, -0.2) is 41.8 Å². The molecular formula is C26H33NO4. The zero-order chi connectivity index (χ0) is 22.0. The van der Waals surface area contributed by atoms with Crippen molar-refractivity contribution in [3.8, 4) is 11.5 Å². The average Bonchev–Trinajstić information content (AvgIpc) is 2.75. The minimum atomic E-state index is -0.727. The van der Waals surface area contributed by atoms with Gasteiger partial charge in [0.2, 0.25) is 0 Å². The lowest BCUT2D eigenvalue weighted by Crippen LogP contribution is -2.57. The second kappa shape index (κ2) is 8.91. The minimum absolute atomic E-state index is 0.00327. The number of para-hydroxylation sites is 1. The number of nitrogens with zero attached hydrogens (tertiary/aromatic N) is 1. The zero-order valence-corrected chi connectivity index (χ0v) is 18.8. The molecule has 0 radical (unpaired) electrons. The number of hydrogen-bond acceptors (Lipinski definition) is 4. The van der Waals surface area contributed by atoms with Gasteiger partial charge in [-0.15, -0.1) is 0 Å². The fourth-order valence-corrected chi connectivity index (χ4v) is 5.50. The number of methoxy groups -OCH3 is 1. The van der Waals surface area contributed by atoms with E-state index < -0.39 is 5.60 Å². The third kappa shape index (κ3) is 4.42. The van der Waals surface area contributed by atoms with Gasteiger partial charge in [-0.25, -0.2) is 0 Å². The Labute approximate surface area is 185 Å². The van der Waals surface area contributed by atoms with E-state index in [0.29, 0.717) is 18.7 Å². The highest BCUT2D eigenvalue weighted by Gasteiger charge is 2.50. The van der Waals surface area contributed by atoms with Gasteiger partial charge >= 0.3 is 0 Å². The smallest absolute Gasteiger partial charge is 0.261 e. The Balaban J connectivity index is 1.62. The van der Waals surface area contributed by atoms with Crippen LogP contribution in [0.3, 0.4) is 0 Å². The second-order valence-corrected chi connectivity index (χ2v) is 9.09. The Morgan fingerprint density at radius 3 is 2.61 bits per heavy atom. The summed E-state index contributed by atoms with van der Waals surface area (Å²) in [5.41, 5.74) is 2.46. The number of likely N-dealkylation sites (tertiary alicyclic amines) is 1. The number of amides is 1. The Hall–Kier alpha value is -2.53. The van der Waals surface area contributed by atoms with E-state index in [2.05, 4.69) is 6.07 Å². The second-order valence-electron chi connectivity index (χ2n) is 9.09. The molecule has 2 aromatic rings. The van der Waals surface area contributed by atoms with E-state index in [1.807, 2.05) is 55.1 Å². The van der Waals surface area contributed by atoms with Gasteiger partial charge in [-0.1, -0.05) is 37.1 Å². The van der Waals surface area contributed by atoms with Gasteiger partial charge in [0.15, 0.2) is 6.61 Å². The summed E-state index contributed by atoms with van der Waals surface area (Å²) in [4.78, 5) is 15.3. The van der Waals surface area contributed by atoms with Crippen LogP contribution in [0.25, 0.3) is 0 Å². The lowest BCUT2D eigenvalue weighted by molar-refractivity contribution is -0.157. The van der Waals surface area contributed by atoms with Crippen LogP contribution in [0.5, 0.6) is 11.5 Å². The van der Waals surface area contributed by atoms with E-state index in [9.17, 15) is 9.90 Å². The number of piperidine rings is 1. The fraction of sp³-hybridized carbons (Fsp3) is 0.500. The number of ether oxygens (including phenoxy) is 2. The Kier molecular flexibility index (Phi) is 6.24. The fourth-order valence-electron chi connectivity index (χ4n) is 5.50. The van der Waals surface area contributed by atoms with Crippen molar-refractivity contribution in [3.05, 3.63) is 59.2 Å². The molecule has 1 aliphatic carbocycles. The topological polar surface area (TPSA) is 59.0 Å². The van der Waals surface area contributed by atoms with Crippen molar-refractivity contribution in [1.29, 1.82) is 0 Å². The molecule has 1 saturated heterocycles. The zero-order valence-electron chi connectivity index (χ0n) is 18.8. The third-order valence-electron chi connectivity index (χ3n) is 6.90. The number of aryl methyl sites for hydroxylation is 2. The van der Waals surface area contributed by atoms with Crippen molar-refractivity contribution >= 4 is 5.91 Å². The van der Waals surface area contributed by atoms with E-state index in [-0.39, 0.29) is 24.5 Å². The summed E-state index contributed by atoms with van der Waals surface area (Å²) in [6.45, 7) is 4.55. The highest BCUT2D eigenvalue weighted by molar-refractivity contribution is 5.78. The number of hydrogen-bond donors (Lipinski definition) is 1. The van der Waals surface area contributed by atoms with Crippen molar-refractivity contribution in [3.63, 3.8) is 0 Å². The first-order valence-corrected chi connectivity index (χ1v) is 11.3. The number of carbonyl (C=O) groups excluding carboxylic acids is 1. The van der Waals surface area contributed by atoms with E-state index >= 15 is 0 Å². The first-order valence-electron chi connectivity index (χ1n) is 11.3. The number of fused-ring (bicyclic) bond motifs is 1. The molecular weight excluding hydrogens is 390 g/mol. The molecule has 0 unspecified atom stereocenters. The molecule has 0 aromatic heterocycles. The molecule has 1 saturated carbocycles. The van der Waals surface area contributed by atoms with Crippen molar-refractivity contribution in [2.45, 2.75) is 57.6 Å². The molecule has 1 N–H and O–H groups in total. The lowest BCUT2D eigenvalue weighted by Gasteiger charge is -2.52. The van der Waals surface area contributed by atoms with Gasteiger partial charge < -0.3 is 19.5 Å². The molecule has 5 heteroatoms. The molecule has 1 amide bonds. The van der Waals surface area contributed by atoms with Crippen LogP contribution in [0.2, 0.25) is 0 Å². The molecule has 31 heavy (non-hydrogen) atoms. The lowest BCUT2D eigenvalue weighted by atomic mass is 9.66. The first kappa shape index (κ1) is 21.7. The molecule has 4 rings (SSSR count). The number of benzene rings is 2. The van der Waals surface area contributed by atoms with Gasteiger partial charge in [-0.2, -0.15) is 0 Å². The maximum Gasteiger partial charge on any atom is 0.261 e. The molecule has 5 nitrogen and oxygen atoms in total. The monoisotopic (exact) mass is 423 g/mol. The van der Waals surface area contributed by atoms with Crippen LogP contribution >= 0.6 is 0 Å². The number of rotatable bonds is 5. The van der Waals surface area contributed by atoms with Crippen LogP contribution in [-0.2, 0) is 4.79 Å². The summed E-state index contributed by atoms with van der Waals surface area (Å²) in [6.07, 6.45) is 4.42. The quantitative estimate of drug-likeness (QED) is 0.764. The normalized spacial score (nSPS) is 25.6. The Morgan fingerprint density at radius 2 is 1.87 bits per heavy atom. The minimum Gasteiger partial charge on any atom is -0.496 e. The largest absolute Gasteiger partial charge is 0.496 e. The van der Waals surface area contributed by atoms with Crippen LogP contribution in [0.1, 0.15) is 54.8 Å². The standard InChI is InChI=1S/C26H33NO4/c1-18-14-19(2)16-20(15-18)31-17-24(28)27-13-12-26(29)11-7-6-9-22(26)25(27)21-8-4-5-10-23(21)30-3/h4-5,8,10,14-16,22,25,29H,6-7,9,11-13,17H2,1-3H3/t22-,25-,26+/m1/s1. The Bertz CT molecular complexity index is 923. The predicted octanol–water partition coefficient (Wildman–Crippen LogP) is 4.59. The summed E-state index contributed by atoms with van der Waals surface area (Å²) in [5, 5.41) is 11.4. The summed E-state index contributed by atoms with van der Waals surface area (Å²) in [6, 6.07) is 13.6. The van der Waals surface area contributed by atoms with Crippen LogP contribution in [0.4, 0.5) is 0 Å². The van der Waals surface area contributed by atoms with Gasteiger partial charge in [0.05, 0.1) is 18.8 Å². The van der Waals surface area contributed by atoms with E-state index in [1.165, 1.54) is 0 Å². The maximum atomic E-state index is 13.4. The van der Waals surface area contributed by atoms with Crippen molar-refractivity contribution in [2.75, 3.05) is 20.3 Å². The summed E-state index contributed by atoms with van der Waals surface area (Å²) in [7, 11) is 1.66. The summed E-state index contributed by atoms with van der Waals surface area (Å²) in [5.74, 6) is 1.42. The molecule has 0 bridgehead atoms. The number of carbonyl (C=O) groups is 1. The van der Waals surface area contributed by atoms with Gasteiger partial charge in [0.1, 0.15) is 11.5 Å². The third-order valence-corrected chi connectivity index (χ3v) is 6.90. The van der Waals surface area contributed by atoms with Gasteiger partial charge in [0, 0.05) is 18.0 Å². The van der Waals surface area contributed by atoms with Gasteiger partial charge in [0.25, 0.3) is 5.91 Å². The molecule has 166 valence electrons. The highest BCUT2D eigenvalue weighted by Crippen LogP contribution is 2.50. The van der Waals surface area contributed by atoms with Crippen LogP contribution in [0, 0.1) is 19.8 Å². The predicted molar refractivity (Wildman–Crippen MR) is 120 cm³/mol. The van der Waals surface area contributed by atoms with Crippen molar-refractivity contribution in [1.82, 2.24) is 4.90 Å². The molecule has 2 aliphatic rings. The molecule has 1 heterocycles. The van der Waals surface area contributed by atoms with E-state index in [1.54, 1.807) is 7.11 Å². The van der Waals surface area contributed by atoms with Crippen LogP contribution in [0.15, 0.2) is 42.5 Å². The molecule has 2 fully saturated rings. The SMILES string of the molecule is COc1ccccc1[C@@H]1[C@H]2CCCC[C@]2(O)CCN1C(=O)COc1cc(C)cc(C)c1. The van der Waals surface area contributed by atoms with E-state index in [4.69, 9.17) is 9.47 Å². The molecule has 3 atom stereocenters. The maximum absolute atomic E-state index is 13.4.